The first kappa shape index (κ1) is 18.1. The van der Waals surface area contributed by atoms with E-state index >= 15 is 0 Å². The second-order valence-electron chi connectivity index (χ2n) is 7.13. The number of ketones is 2. The van der Waals surface area contributed by atoms with Gasteiger partial charge < -0.3 is 0 Å². The van der Waals surface area contributed by atoms with E-state index in [1.54, 1.807) is 13.1 Å². The average molecular weight is 345 g/mol. The summed E-state index contributed by atoms with van der Waals surface area (Å²) >= 11 is 0. The molecule has 1 fully saturated rings. The number of rotatable bonds is 3. The number of carbonyl (C=O) groups excluding carboxylic acids is 2. The van der Waals surface area contributed by atoms with Crippen molar-refractivity contribution in [2.75, 3.05) is 0 Å². The Morgan fingerprint density at radius 1 is 1.12 bits per heavy atom. The highest BCUT2D eigenvalue weighted by molar-refractivity contribution is 6.15. The molecule has 1 heterocycles. The highest BCUT2D eigenvalue weighted by Crippen LogP contribution is 2.37. The van der Waals surface area contributed by atoms with Crippen LogP contribution >= 0.6 is 0 Å². The van der Waals surface area contributed by atoms with Crippen LogP contribution in [0.1, 0.15) is 52.8 Å². The van der Waals surface area contributed by atoms with Crippen molar-refractivity contribution in [3.63, 3.8) is 0 Å². The van der Waals surface area contributed by atoms with Crippen molar-refractivity contribution < 1.29 is 9.59 Å². The first-order valence-corrected chi connectivity index (χ1v) is 8.92. The highest BCUT2D eigenvalue weighted by atomic mass is 16.2. The van der Waals surface area contributed by atoms with Crippen LogP contribution in [0.3, 0.4) is 0 Å². The SMILES string of the molecule is CC#Cc1cc(C)c(C2C(=O)CC(Cc3ccc(C)cn3)C2=O)c(C)c1. The van der Waals surface area contributed by atoms with E-state index in [0.29, 0.717) is 12.8 Å². The van der Waals surface area contributed by atoms with Crippen molar-refractivity contribution in [1.82, 2.24) is 4.98 Å². The van der Waals surface area contributed by atoms with Crippen LogP contribution < -0.4 is 0 Å². The van der Waals surface area contributed by atoms with Crippen LogP contribution in [0.25, 0.3) is 0 Å². The zero-order chi connectivity index (χ0) is 18.8. The number of Topliss-reactive ketones (excluding diaryl/α,β-unsaturated/α-hetero) is 2. The molecule has 1 aromatic heterocycles. The third-order valence-electron chi connectivity index (χ3n) is 5.04. The zero-order valence-corrected chi connectivity index (χ0v) is 15.7. The Morgan fingerprint density at radius 2 is 1.81 bits per heavy atom. The number of hydrogen-bond acceptors (Lipinski definition) is 3. The average Bonchev–Trinajstić information content (AvgIpc) is 2.84. The fourth-order valence-electron chi connectivity index (χ4n) is 3.85. The standard InChI is InChI=1S/C23H23NO2/c1-5-6-17-9-15(3)21(16(4)10-17)22-20(25)12-18(23(22)26)11-19-8-7-14(2)13-24-19/h7-10,13,18,22H,11-12H2,1-4H3. The predicted octanol–water partition coefficient (Wildman–Crippen LogP) is 3.86. The fourth-order valence-corrected chi connectivity index (χ4v) is 3.85. The number of aromatic nitrogens is 1. The molecule has 1 aromatic carbocycles. The number of pyridine rings is 1. The molecule has 26 heavy (non-hydrogen) atoms. The number of hydrogen-bond donors (Lipinski definition) is 0. The topological polar surface area (TPSA) is 47.0 Å². The molecule has 0 bridgehead atoms. The van der Waals surface area contributed by atoms with E-state index in [0.717, 1.165) is 33.5 Å². The quantitative estimate of drug-likeness (QED) is 0.627. The van der Waals surface area contributed by atoms with Crippen molar-refractivity contribution >= 4 is 11.6 Å². The van der Waals surface area contributed by atoms with Gasteiger partial charge in [0.05, 0.1) is 0 Å². The Labute approximate surface area is 154 Å². The van der Waals surface area contributed by atoms with Crippen LogP contribution in [0.2, 0.25) is 0 Å². The molecule has 0 saturated heterocycles. The third kappa shape index (κ3) is 3.46. The summed E-state index contributed by atoms with van der Waals surface area (Å²) in [5, 5.41) is 0. The Kier molecular flexibility index (Phi) is 5.04. The van der Waals surface area contributed by atoms with Crippen molar-refractivity contribution in [3.8, 4) is 11.8 Å². The van der Waals surface area contributed by atoms with E-state index in [-0.39, 0.29) is 17.5 Å². The van der Waals surface area contributed by atoms with Gasteiger partial charge in [-0.15, -0.1) is 5.92 Å². The van der Waals surface area contributed by atoms with Crippen molar-refractivity contribution in [2.45, 2.75) is 46.5 Å². The lowest BCUT2D eigenvalue weighted by molar-refractivity contribution is -0.124. The van der Waals surface area contributed by atoms with E-state index in [4.69, 9.17) is 0 Å². The summed E-state index contributed by atoms with van der Waals surface area (Å²) in [6.07, 6.45) is 2.63. The highest BCUT2D eigenvalue weighted by Gasteiger charge is 2.43. The van der Waals surface area contributed by atoms with E-state index < -0.39 is 5.92 Å². The molecule has 1 saturated carbocycles. The lowest BCUT2D eigenvalue weighted by atomic mass is 9.86. The summed E-state index contributed by atoms with van der Waals surface area (Å²) in [6, 6.07) is 7.86. The zero-order valence-electron chi connectivity index (χ0n) is 15.7. The first-order chi connectivity index (χ1) is 12.4. The molecule has 2 aromatic rings. The molecule has 3 rings (SSSR count). The molecule has 0 spiro atoms. The Morgan fingerprint density at radius 3 is 2.38 bits per heavy atom. The van der Waals surface area contributed by atoms with Gasteiger partial charge in [-0.05, 0) is 74.6 Å². The van der Waals surface area contributed by atoms with E-state index in [9.17, 15) is 9.59 Å². The fraction of sp³-hybridized carbons (Fsp3) is 0.348. The van der Waals surface area contributed by atoms with Crippen LogP contribution in [-0.4, -0.2) is 16.6 Å². The Bertz CT molecular complexity index is 906. The molecule has 1 aliphatic carbocycles. The molecule has 0 aliphatic heterocycles. The monoisotopic (exact) mass is 345 g/mol. The molecule has 132 valence electrons. The molecule has 0 amide bonds. The lowest BCUT2D eigenvalue weighted by Crippen LogP contribution is -2.19. The summed E-state index contributed by atoms with van der Waals surface area (Å²) in [5.74, 6) is 5.06. The molecule has 0 radical (unpaired) electrons. The molecule has 0 N–H and O–H groups in total. The summed E-state index contributed by atoms with van der Waals surface area (Å²) < 4.78 is 0. The number of benzene rings is 1. The molecule has 3 heteroatoms. The van der Waals surface area contributed by atoms with Gasteiger partial charge in [-0.25, -0.2) is 0 Å². The van der Waals surface area contributed by atoms with E-state index in [2.05, 4.69) is 16.8 Å². The maximum atomic E-state index is 13.0. The van der Waals surface area contributed by atoms with Gasteiger partial charge in [-0.3, -0.25) is 14.6 Å². The summed E-state index contributed by atoms with van der Waals surface area (Å²) in [4.78, 5) is 30.1. The van der Waals surface area contributed by atoms with Crippen LogP contribution in [0, 0.1) is 38.5 Å². The van der Waals surface area contributed by atoms with Gasteiger partial charge in [0.15, 0.2) is 5.78 Å². The van der Waals surface area contributed by atoms with E-state index in [1.807, 2.05) is 45.0 Å². The van der Waals surface area contributed by atoms with Crippen molar-refractivity contribution in [3.05, 3.63) is 64.0 Å². The molecule has 2 unspecified atom stereocenters. The van der Waals surface area contributed by atoms with Crippen molar-refractivity contribution in [2.24, 2.45) is 5.92 Å². The summed E-state index contributed by atoms with van der Waals surface area (Å²) in [6.45, 7) is 7.69. The molecule has 3 nitrogen and oxygen atoms in total. The Hall–Kier alpha value is -2.73. The first-order valence-electron chi connectivity index (χ1n) is 8.92. The number of aryl methyl sites for hydroxylation is 3. The molecular formula is C23H23NO2. The Balaban J connectivity index is 1.89. The minimum atomic E-state index is -0.644. The van der Waals surface area contributed by atoms with Gasteiger partial charge in [0.25, 0.3) is 0 Å². The van der Waals surface area contributed by atoms with E-state index in [1.165, 1.54) is 0 Å². The second-order valence-corrected chi connectivity index (χ2v) is 7.13. The van der Waals surface area contributed by atoms with Gasteiger partial charge in [-0.1, -0.05) is 12.0 Å². The normalized spacial score (nSPS) is 19.4. The van der Waals surface area contributed by atoms with Crippen LogP contribution in [-0.2, 0) is 16.0 Å². The van der Waals surface area contributed by atoms with Gasteiger partial charge in [0.2, 0.25) is 0 Å². The molecular weight excluding hydrogens is 322 g/mol. The van der Waals surface area contributed by atoms with Gasteiger partial charge in [0, 0.05) is 29.8 Å². The van der Waals surface area contributed by atoms with Gasteiger partial charge in [-0.2, -0.15) is 0 Å². The lowest BCUT2D eigenvalue weighted by Gasteiger charge is -2.16. The van der Waals surface area contributed by atoms with Crippen LogP contribution in [0.15, 0.2) is 30.5 Å². The van der Waals surface area contributed by atoms with Crippen LogP contribution in [0.4, 0.5) is 0 Å². The third-order valence-corrected chi connectivity index (χ3v) is 5.04. The minimum absolute atomic E-state index is 0.0210. The predicted molar refractivity (Wildman–Crippen MR) is 102 cm³/mol. The van der Waals surface area contributed by atoms with Crippen LogP contribution in [0.5, 0.6) is 0 Å². The minimum Gasteiger partial charge on any atom is -0.298 e. The largest absolute Gasteiger partial charge is 0.298 e. The number of nitrogens with zero attached hydrogens (tertiary/aromatic N) is 1. The maximum absolute atomic E-state index is 13.0. The number of carbonyl (C=O) groups is 2. The summed E-state index contributed by atoms with van der Waals surface area (Å²) in [5.41, 5.74) is 5.66. The van der Waals surface area contributed by atoms with Gasteiger partial charge >= 0.3 is 0 Å². The smallest absolute Gasteiger partial charge is 0.151 e. The maximum Gasteiger partial charge on any atom is 0.151 e. The second kappa shape index (κ2) is 7.25. The molecule has 1 aliphatic rings. The van der Waals surface area contributed by atoms with Crippen molar-refractivity contribution in [1.29, 1.82) is 0 Å². The molecule has 2 atom stereocenters. The van der Waals surface area contributed by atoms with Gasteiger partial charge in [0.1, 0.15) is 11.7 Å². The summed E-state index contributed by atoms with van der Waals surface area (Å²) in [7, 11) is 0.